The molecular weight excluding hydrogens is 833 g/mol. The zero-order valence-electron chi connectivity index (χ0n) is 40.9. The molecular formula is C62H60N4O2. The predicted octanol–water partition coefficient (Wildman–Crippen LogP) is 16.8. The van der Waals surface area contributed by atoms with Gasteiger partial charge in [0.25, 0.3) is 0 Å². The van der Waals surface area contributed by atoms with Gasteiger partial charge >= 0.3 is 6.01 Å². The summed E-state index contributed by atoms with van der Waals surface area (Å²) >= 11 is 0. The van der Waals surface area contributed by atoms with Crippen molar-refractivity contribution in [3.8, 4) is 17.5 Å². The highest BCUT2D eigenvalue weighted by Gasteiger charge is 2.30. The van der Waals surface area contributed by atoms with Crippen LogP contribution in [0.4, 0.5) is 22.7 Å². The van der Waals surface area contributed by atoms with Crippen LogP contribution in [0, 0.1) is 13.8 Å². The number of oxazole rings is 1. The minimum Gasteiger partial charge on any atom is -0.457 e. The van der Waals surface area contributed by atoms with E-state index in [1.165, 1.54) is 38.9 Å². The quantitative estimate of drug-likeness (QED) is 0.140. The molecule has 0 aliphatic rings. The Kier molecular flexibility index (Phi) is 11.0. The maximum absolute atomic E-state index is 6.92. The smallest absolute Gasteiger partial charge is 0.307 e. The number of nitrogens with zero attached hydrogens (tertiary/aromatic N) is 3. The number of aromatic nitrogens is 2. The molecule has 0 fully saturated rings. The summed E-state index contributed by atoms with van der Waals surface area (Å²) in [6.45, 7) is 20.4. The van der Waals surface area contributed by atoms with Gasteiger partial charge in [0, 0.05) is 52.2 Å². The molecule has 0 bridgehead atoms. The first-order valence-corrected chi connectivity index (χ1v) is 23.7. The van der Waals surface area contributed by atoms with E-state index in [0.29, 0.717) is 6.01 Å². The summed E-state index contributed by atoms with van der Waals surface area (Å²) in [4.78, 5) is 7.20. The van der Waals surface area contributed by atoms with Crippen LogP contribution in [0.15, 0.2) is 180 Å². The van der Waals surface area contributed by atoms with Gasteiger partial charge in [0.05, 0.1) is 22.4 Å². The third kappa shape index (κ3) is 8.19. The van der Waals surface area contributed by atoms with Crippen LogP contribution in [0.25, 0.3) is 38.9 Å². The van der Waals surface area contributed by atoms with Gasteiger partial charge in [0.15, 0.2) is 5.58 Å². The third-order valence-electron chi connectivity index (χ3n) is 14.1. The summed E-state index contributed by atoms with van der Waals surface area (Å²) in [5.41, 5.74) is 15.7. The van der Waals surface area contributed by atoms with Crippen LogP contribution in [0.3, 0.4) is 0 Å². The van der Waals surface area contributed by atoms with Crippen LogP contribution in [0.2, 0.25) is 0 Å². The largest absolute Gasteiger partial charge is 0.457 e. The number of ether oxygens (including phenoxy) is 1. The number of hydrogen-bond acceptors (Lipinski definition) is 5. The number of aryl methyl sites for hydroxylation is 2. The summed E-state index contributed by atoms with van der Waals surface area (Å²) in [6.07, 6.45) is 0. The van der Waals surface area contributed by atoms with Crippen LogP contribution in [-0.4, -0.2) is 16.6 Å². The number of nitrogens with one attached hydrogen (secondary N) is 1. The molecule has 0 radical (unpaired) electrons. The lowest BCUT2D eigenvalue weighted by Gasteiger charge is -2.32. The highest BCUT2D eigenvalue weighted by atomic mass is 16.5. The lowest BCUT2D eigenvalue weighted by molar-refractivity contribution is 0.479. The van der Waals surface area contributed by atoms with E-state index in [4.69, 9.17) is 14.1 Å². The van der Waals surface area contributed by atoms with E-state index in [1.54, 1.807) is 0 Å². The molecule has 0 aliphatic carbocycles. The van der Waals surface area contributed by atoms with Crippen molar-refractivity contribution in [1.82, 2.24) is 9.55 Å². The van der Waals surface area contributed by atoms with Crippen molar-refractivity contribution in [3.05, 3.63) is 215 Å². The van der Waals surface area contributed by atoms with E-state index in [1.807, 2.05) is 24.3 Å². The first kappa shape index (κ1) is 44.3. The van der Waals surface area contributed by atoms with Gasteiger partial charge < -0.3 is 19.4 Å². The predicted molar refractivity (Wildman–Crippen MR) is 284 cm³/mol. The molecule has 0 spiro atoms. The molecule has 0 atom stereocenters. The Morgan fingerprint density at radius 3 is 1.79 bits per heavy atom. The minimum atomic E-state index is -0.251. The van der Waals surface area contributed by atoms with Gasteiger partial charge in [0.2, 0.25) is 0 Å². The van der Waals surface area contributed by atoms with Crippen molar-refractivity contribution in [2.24, 2.45) is 0 Å². The van der Waals surface area contributed by atoms with Crippen LogP contribution in [-0.2, 0) is 16.2 Å². The highest BCUT2D eigenvalue weighted by molar-refractivity contribution is 6.09. The van der Waals surface area contributed by atoms with Crippen LogP contribution >= 0.6 is 0 Å². The van der Waals surface area contributed by atoms with Crippen LogP contribution < -0.4 is 15.0 Å². The van der Waals surface area contributed by atoms with Crippen molar-refractivity contribution >= 4 is 55.7 Å². The van der Waals surface area contributed by atoms with E-state index in [2.05, 4.69) is 236 Å². The standard InChI is InChI=1S/C62H60N4O2/c1-40-31-54(63-47-34-45(61(6,7)42-21-13-11-14-22-42)33-46(35-47)62(8,9)43-23-15-12-16-24-43)57(32-41(40)2)65(10)48-36-44(60(3,4)5)37-50(38-48)67-49-29-30-52-51-25-17-19-27-55(51)66(56(52)39-49)59-64-53-26-18-20-28-58(53)68-59/h11-39,63H,1-10H3. The second-order valence-corrected chi connectivity index (χ2v) is 20.5. The van der Waals surface area contributed by atoms with Gasteiger partial charge in [-0.15, -0.1) is 0 Å². The molecule has 2 aromatic heterocycles. The molecule has 10 rings (SSSR count). The summed E-state index contributed by atoms with van der Waals surface area (Å²) in [5, 5.41) is 6.20. The van der Waals surface area contributed by atoms with Crippen LogP contribution in [0.5, 0.6) is 11.5 Å². The topological polar surface area (TPSA) is 55.5 Å². The van der Waals surface area contributed by atoms with Gasteiger partial charge in [-0.25, -0.2) is 0 Å². The maximum Gasteiger partial charge on any atom is 0.307 e. The zero-order valence-corrected chi connectivity index (χ0v) is 40.9. The van der Waals surface area contributed by atoms with Gasteiger partial charge in [-0.05, 0) is 125 Å². The van der Waals surface area contributed by atoms with Crippen LogP contribution in [0.1, 0.15) is 87.4 Å². The molecule has 6 heteroatoms. The van der Waals surface area contributed by atoms with E-state index < -0.39 is 0 Å². The maximum atomic E-state index is 6.92. The SMILES string of the molecule is Cc1cc(Nc2cc(C(C)(C)c3ccccc3)cc(C(C)(C)c3ccccc3)c2)c(N(C)c2cc(Oc3ccc4c5ccccc5n(-c5nc6ccccc6o5)c4c3)cc(C(C)(C)C)c2)cc1C. The number of rotatable bonds is 11. The first-order chi connectivity index (χ1) is 32.5. The Labute approximate surface area is 400 Å². The number of anilines is 4. The van der Waals surface area contributed by atoms with Gasteiger partial charge in [-0.1, -0.05) is 146 Å². The molecule has 10 aromatic rings. The van der Waals surface area contributed by atoms with E-state index in [9.17, 15) is 0 Å². The second kappa shape index (κ2) is 16.9. The molecule has 68 heavy (non-hydrogen) atoms. The van der Waals surface area contributed by atoms with E-state index in [0.717, 1.165) is 67.2 Å². The molecule has 0 saturated heterocycles. The summed E-state index contributed by atoms with van der Waals surface area (Å²) < 4.78 is 15.4. The molecule has 340 valence electrons. The van der Waals surface area contributed by atoms with E-state index in [-0.39, 0.29) is 16.2 Å². The molecule has 1 N–H and O–H groups in total. The Morgan fingerprint density at radius 1 is 0.529 bits per heavy atom. The number of benzene rings is 8. The van der Waals surface area contributed by atoms with Crippen molar-refractivity contribution in [2.75, 3.05) is 17.3 Å². The Hall–Kier alpha value is -7.57. The fourth-order valence-corrected chi connectivity index (χ4v) is 9.52. The molecule has 2 heterocycles. The van der Waals surface area contributed by atoms with Gasteiger partial charge in [0.1, 0.15) is 17.0 Å². The van der Waals surface area contributed by atoms with E-state index >= 15 is 0 Å². The first-order valence-electron chi connectivity index (χ1n) is 23.7. The molecule has 0 aliphatic heterocycles. The summed E-state index contributed by atoms with van der Waals surface area (Å²) in [6, 6.07) is 63.1. The Bertz CT molecular complexity index is 3380. The second-order valence-electron chi connectivity index (χ2n) is 20.5. The Balaban J connectivity index is 1.05. The number of para-hydroxylation sites is 3. The average Bonchev–Trinajstić information content (AvgIpc) is 3.91. The Morgan fingerprint density at radius 2 is 1.13 bits per heavy atom. The molecule has 0 amide bonds. The van der Waals surface area contributed by atoms with Gasteiger partial charge in [-0.3, -0.25) is 4.57 Å². The zero-order chi connectivity index (χ0) is 47.5. The van der Waals surface area contributed by atoms with Crippen molar-refractivity contribution in [1.29, 1.82) is 0 Å². The number of hydrogen-bond donors (Lipinski definition) is 1. The average molecular weight is 893 g/mol. The number of fused-ring (bicyclic) bond motifs is 4. The van der Waals surface area contributed by atoms with Crippen molar-refractivity contribution in [3.63, 3.8) is 0 Å². The summed E-state index contributed by atoms with van der Waals surface area (Å²) in [5.74, 6) is 1.48. The monoisotopic (exact) mass is 892 g/mol. The molecule has 0 unspecified atom stereocenters. The van der Waals surface area contributed by atoms with Crippen molar-refractivity contribution < 1.29 is 9.15 Å². The molecule has 0 saturated carbocycles. The lowest BCUT2D eigenvalue weighted by atomic mass is 9.73. The highest BCUT2D eigenvalue weighted by Crippen LogP contribution is 2.44. The third-order valence-corrected chi connectivity index (χ3v) is 14.1. The van der Waals surface area contributed by atoms with Gasteiger partial charge in [-0.2, -0.15) is 4.98 Å². The fraction of sp³-hybridized carbons (Fsp3) is 0.210. The molecule has 6 nitrogen and oxygen atoms in total. The molecule has 8 aromatic carbocycles. The minimum absolute atomic E-state index is 0.156. The van der Waals surface area contributed by atoms with Crippen molar-refractivity contribution in [2.45, 2.75) is 78.6 Å². The fourth-order valence-electron chi connectivity index (χ4n) is 9.52. The lowest BCUT2D eigenvalue weighted by Crippen LogP contribution is -2.23. The normalized spacial score (nSPS) is 12.3. The summed E-state index contributed by atoms with van der Waals surface area (Å²) in [7, 11) is 2.16.